The molecule has 2 rings (SSSR count). The Morgan fingerprint density at radius 1 is 1.36 bits per heavy atom. The second kappa shape index (κ2) is 7.61. The number of alkyl halides is 3. The van der Waals surface area contributed by atoms with Crippen LogP contribution in [0.15, 0.2) is 18.3 Å². The average Bonchev–Trinajstić information content (AvgIpc) is 2.46. The number of ether oxygens (including phenoxy) is 2. The van der Waals surface area contributed by atoms with Crippen molar-refractivity contribution in [2.24, 2.45) is 0 Å². The van der Waals surface area contributed by atoms with Gasteiger partial charge >= 0.3 is 6.36 Å². The highest BCUT2D eigenvalue weighted by Gasteiger charge is 2.31. The minimum atomic E-state index is -4.73. The molecule has 0 radical (unpaired) electrons. The number of nitrogens with zero attached hydrogens (tertiary/aromatic N) is 2. The first kappa shape index (κ1) is 16.8. The van der Waals surface area contributed by atoms with Crippen LogP contribution in [0.25, 0.3) is 0 Å². The molecule has 124 valence electrons. The monoisotopic (exact) mass is 321 g/mol. The van der Waals surface area contributed by atoms with Gasteiger partial charge in [0, 0.05) is 26.2 Å². The zero-order chi connectivity index (χ0) is 16.0. The fourth-order valence-corrected chi connectivity index (χ4v) is 2.05. The summed E-state index contributed by atoms with van der Waals surface area (Å²) in [7, 11) is 0. The number of β-amino-alcohol motifs (C(OH)–C–C–N with tert-alkyl or cyclic N) is 1. The van der Waals surface area contributed by atoms with Crippen molar-refractivity contribution in [1.29, 1.82) is 0 Å². The number of halogens is 3. The molecule has 1 aliphatic heterocycles. The second-order valence-electron chi connectivity index (χ2n) is 4.87. The Balaban J connectivity index is 1.73. The highest BCUT2D eigenvalue weighted by molar-refractivity contribution is 5.37. The van der Waals surface area contributed by atoms with Crippen LogP contribution in [0.1, 0.15) is 0 Å². The lowest BCUT2D eigenvalue weighted by molar-refractivity contribution is -0.274. The summed E-state index contributed by atoms with van der Waals surface area (Å²) in [6, 6.07) is 2.53. The lowest BCUT2D eigenvalue weighted by Gasteiger charge is -2.28. The molecule has 1 aromatic heterocycles. The van der Waals surface area contributed by atoms with Crippen molar-refractivity contribution in [3.05, 3.63) is 18.3 Å². The van der Waals surface area contributed by atoms with E-state index < -0.39 is 12.5 Å². The SMILES string of the molecule is OC(CNc1ccc(OC(F)(F)F)cn1)CN1CCOCC1. The van der Waals surface area contributed by atoms with Crippen LogP contribution in [0.3, 0.4) is 0 Å². The van der Waals surface area contributed by atoms with Crippen LogP contribution < -0.4 is 10.1 Å². The summed E-state index contributed by atoms with van der Waals surface area (Å²) >= 11 is 0. The Labute approximate surface area is 125 Å². The van der Waals surface area contributed by atoms with Crippen molar-refractivity contribution in [1.82, 2.24) is 9.88 Å². The summed E-state index contributed by atoms with van der Waals surface area (Å²) in [6.45, 7) is 3.62. The number of nitrogens with one attached hydrogen (secondary N) is 1. The van der Waals surface area contributed by atoms with Gasteiger partial charge in [-0.1, -0.05) is 0 Å². The average molecular weight is 321 g/mol. The Morgan fingerprint density at radius 2 is 2.09 bits per heavy atom. The highest BCUT2D eigenvalue weighted by Crippen LogP contribution is 2.22. The zero-order valence-electron chi connectivity index (χ0n) is 11.8. The summed E-state index contributed by atoms with van der Waals surface area (Å²) < 4.78 is 45.0. The van der Waals surface area contributed by atoms with Gasteiger partial charge in [-0.25, -0.2) is 4.98 Å². The molecule has 1 aromatic rings. The van der Waals surface area contributed by atoms with Gasteiger partial charge < -0.3 is 19.9 Å². The number of hydrogen-bond donors (Lipinski definition) is 2. The van der Waals surface area contributed by atoms with Crippen LogP contribution in [0.2, 0.25) is 0 Å². The number of aliphatic hydroxyl groups is 1. The molecule has 0 spiro atoms. The van der Waals surface area contributed by atoms with E-state index in [-0.39, 0.29) is 12.3 Å². The van der Waals surface area contributed by atoms with E-state index >= 15 is 0 Å². The van der Waals surface area contributed by atoms with Crippen molar-refractivity contribution in [2.75, 3.05) is 44.7 Å². The third kappa shape index (κ3) is 6.04. The molecule has 6 nitrogen and oxygen atoms in total. The van der Waals surface area contributed by atoms with Gasteiger partial charge in [-0.05, 0) is 12.1 Å². The molecule has 22 heavy (non-hydrogen) atoms. The van der Waals surface area contributed by atoms with Gasteiger partial charge in [0.15, 0.2) is 0 Å². The third-order valence-corrected chi connectivity index (χ3v) is 3.06. The first-order valence-corrected chi connectivity index (χ1v) is 6.86. The summed E-state index contributed by atoms with van der Waals surface area (Å²) in [4.78, 5) is 5.89. The smallest absolute Gasteiger partial charge is 0.404 e. The van der Waals surface area contributed by atoms with E-state index in [0.717, 1.165) is 25.4 Å². The summed E-state index contributed by atoms with van der Waals surface area (Å²) in [5, 5.41) is 12.8. The van der Waals surface area contributed by atoms with Crippen molar-refractivity contribution >= 4 is 5.82 Å². The van der Waals surface area contributed by atoms with Crippen LogP contribution in [-0.4, -0.2) is 66.8 Å². The molecular weight excluding hydrogens is 303 g/mol. The van der Waals surface area contributed by atoms with Gasteiger partial charge in [-0.15, -0.1) is 13.2 Å². The van der Waals surface area contributed by atoms with Gasteiger partial charge in [0.25, 0.3) is 0 Å². The molecule has 0 aromatic carbocycles. The standard InChI is InChI=1S/C13H18F3N3O3/c14-13(15,16)22-11-1-2-12(18-8-11)17-7-10(20)9-19-3-5-21-6-4-19/h1-2,8,10,20H,3-7,9H2,(H,17,18). The minimum absolute atomic E-state index is 0.254. The van der Waals surface area contributed by atoms with Crippen molar-refractivity contribution in [2.45, 2.75) is 12.5 Å². The van der Waals surface area contributed by atoms with Gasteiger partial charge in [0.1, 0.15) is 11.6 Å². The molecule has 0 aliphatic carbocycles. The molecule has 2 N–H and O–H groups in total. The zero-order valence-corrected chi connectivity index (χ0v) is 11.8. The lowest BCUT2D eigenvalue weighted by atomic mass is 10.3. The molecule has 0 bridgehead atoms. The van der Waals surface area contributed by atoms with Crippen LogP contribution in [0.4, 0.5) is 19.0 Å². The van der Waals surface area contributed by atoms with Crippen LogP contribution in [0.5, 0.6) is 5.75 Å². The van der Waals surface area contributed by atoms with E-state index in [1.807, 2.05) is 0 Å². The van der Waals surface area contributed by atoms with E-state index in [0.29, 0.717) is 25.6 Å². The number of anilines is 1. The van der Waals surface area contributed by atoms with Crippen molar-refractivity contribution in [3.63, 3.8) is 0 Å². The number of hydrogen-bond acceptors (Lipinski definition) is 6. The first-order chi connectivity index (χ1) is 10.4. The topological polar surface area (TPSA) is 66.8 Å². The van der Waals surface area contributed by atoms with E-state index in [1.54, 1.807) is 0 Å². The van der Waals surface area contributed by atoms with Gasteiger partial charge in [-0.3, -0.25) is 4.90 Å². The molecule has 0 saturated carbocycles. The first-order valence-electron chi connectivity index (χ1n) is 6.86. The minimum Gasteiger partial charge on any atom is -0.404 e. The third-order valence-electron chi connectivity index (χ3n) is 3.06. The molecule has 1 fully saturated rings. The Hall–Kier alpha value is -1.58. The van der Waals surface area contributed by atoms with Gasteiger partial charge in [0.2, 0.25) is 0 Å². The summed E-state index contributed by atoms with van der Waals surface area (Å²) in [5.41, 5.74) is 0. The molecule has 1 saturated heterocycles. The fourth-order valence-electron chi connectivity index (χ4n) is 2.05. The summed E-state index contributed by atoms with van der Waals surface area (Å²) in [5.74, 6) is -0.0116. The maximum Gasteiger partial charge on any atom is 0.573 e. The molecule has 0 amide bonds. The molecule has 1 aliphatic rings. The van der Waals surface area contributed by atoms with E-state index in [9.17, 15) is 18.3 Å². The number of aliphatic hydroxyl groups excluding tert-OH is 1. The van der Waals surface area contributed by atoms with Gasteiger partial charge in [0.05, 0.1) is 25.5 Å². The van der Waals surface area contributed by atoms with Crippen LogP contribution >= 0.6 is 0 Å². The molecule has 9 heteroatoms. The van der Waals surface area contributed by atoms with E-state index in [1.165, 1.54) is 6.07 Å². The quantitative estimate of drug-likeness (QED) is 0.817. The van der Waals surface area contributed by atoms with E-state index in [2.05, 4.69) is 19.9 Å². The molecular formula is C13H18F3N3O3. The lowest BCUT2D eigenvalue weighted by Crippen LogP contribution is -2.42. The van der Waals surface area contributed by atoms with Crippen LogP contribution in [0, 0.1) is 0 Å². The van der Waals surface area contributed by atoms with Gasteiger partial charge in [-0.2, -0.15) is 0 Å². The van der Waals surface area contributed by atoms with Crippen molar-refractivity contribution in [3.8, 4) is 5.75 Å². The number of aromatic nitrogens is 1. The Kier molecular flexibility index (Phi) is 5.81. The normalized spacial score (nSPS) is 18.0. The number of morpholine rings is 1. The number of pyridine rings is 1. The Morgan fingerprint density at radius 3 is 2.68 bits per heavy atom. The number of rotatable bonds is 6. The second-order valence-corrected chi connectivity index (χ2v) is 4.87. The highest BCUT2D eigenvalue weighted by atomic mass is 19.4. The predicted octanol–water partition coefficient (Wildman–Crippen LogP) is 1.09. The largest absolute Gasteiger partial charge is 0.573 e. The predicted molar refractivity (Wildman–Crippen MR) is 72.7 cm³/mol. The fraction of sp³-hybridized carbons (Fsp3) is 0.615. The Bertz CT molecular complexity index is 450. The van der Waals surface area contributed by atoms with Crippen LogP contribution in [-0.2, 0) is 4.74 Å². The molecule has 2 heterocycles. The summed E-state index contributed by atoms with van der Waals surface area (Å²) in [6.07, 6.45) is -4.36. The molecule has 1 unspecified atom stereocenters. The maximum atomic E-state index is 12.0. The maximum absolute atomic E-state index is 12.0. The molecule has 1 atom stereocenters. The van der Waals surface area contributed by atoms with Crippen molar-refractivity contribution < 1.29 is 27.8 Å². The van der Waals surface area contributed by atoms with E-state index in [4.69, 9.17) is 4.74 Å².